The number of aromatic nitrogens is 5. The molecule has 0 atom stereocenters. The zero-order valence-corrected chi connectivity index (χ0v) is 20.7. The second-order valence-electron chi connectivity index (χ2n) is 9.49. The molecule has 0 unspecified atom stereocenters. The van der Waals surface area contributed by atoms with Gasteiger partial charge in [0, 0.05) is 53.8 Å². The highest BCUT2D eigenvalue weighted by Gasteiger charge is 2.22. The number of fused-ring (bicyclic) bond motifs is 1. The van der Waals surface area contributed by atoms with Crippen molar-refractivity contribution in [2.75, 3.05) is 18.4 Å². The van der Waals surface area contributed by atoms with E-state index in [1.807, 2.05) is 25.4 Å². The quantitative estimate of drug-likeness (QED) is 0.356. The van der Waals surface area contributed by atoms with E-state index >= 15 is 0 Å². The Bertz CT molecular complexity index is 1650. The van der Waals surface area contributed by atoms with Gasteiger partial charge in [0.2, 0.25) is 5.91 Å². The van der Waals surface area contributed by atoms with Crippen LogP contribution in [0.5, 0.6) is 0 Å². The van der Waals surface area contributed by atoms with Crippen LogP contribution in [-0.4, -0.2) is 43.3 Å². The molecule has 0 saturated carbocycles. The van der Waals surface area contributed by atoms with Gasteiger partial charge in [0.1, 0.15) is 23.5 Å². The van der Waals surface area contributed by atoms with Crippen molar-refractivity contribution in [1.82, 2.24) is 29.6 Å². The number of carbonyl (C=O) groups excluding carboxylic acids is 1. The number of amides is 1. The maximum Gasteiger partial charge on any atom is 0.227 e. The van der Waals surface area contributed by atoms with Crippen molar-refractivity contribution in [1.29, 1.82) is 0 Å². The van der Waals surface area contributed by atoms with Crippen molar-refractivity contribution in [3.63, 3.8) is 0 Å². The lowest BCUT2D eigenvalue weighted by Crippen LogP contribution is -2.34. The minimum Gasteiger partial charge on any atom is -0.326 e. The molecule has 38 heavy (non-hydrogen) atoms. The summed E-state index contributed by atoms with van der Waals surface area (Å²) in [5.41, 5.74) is 4.95. The zero-order chi connectivity index (χ0) is 26.2. The van der Waals surface area contributed by atoms with Crippen LogP contribution < -0.4 is 10.6 Å². The number of rotatable bonds is 5. The van der Waals surface area contributed by atoms with Crippen molar-refractivity contribution in [3.05, 3.63) is 79.0 Å². The third kappa shape index (κ3) is 4.66. The Morgan fingerprint density at radius 2 is 1.84 bits per heavy atom. The molecule has 192 valence electrons. The van der Waals surface area contributed by atoms with Crippen LogP contribution in [-0.2, 0) is 11.8 Å². The average Bonchev–Trinajstić information content (AvgIpc) is 3.55. The first-order chi connectivity index (χ1) is 18.4. The van der Waals surface area contributed by atoms with Gasteiger partial charge in [-0.25, -0.2) is 18.7 Å². The fourth-order valence-corrected chi connectivity index (χ4v) is 4.85. The van der Waals surface area contributed by atoms with Gasteiger partial charge in [-0.1, -0.05) is 0 Å². The van der Waals surface area contributed by atoms with Gasteiger partial charge in [0.05, 0.1) is 11.9 Å². The maximum atomic E-state index is 14.8. The summed E-state index contributed by atoms with van der Waals surface area (Å²) in [6, 6.07) is 10.7. The molecule has 4 heterocycles. The Hall–Kier alpha value is -4.44. The smallest absolute Gasteiger partial charge is 0.227 e. The van der Waals surface area contributed by atoms with Crippen molar-refractivity contribution < 1.29 is 13.6 Å². The summed E-state index contributed by atoms with van der Waals surface area (Å²) in [7, 11) is 1.85. The van der Waals surface area contributed by atoms with Crippen LogP contribution in [0.1, 0.15) is 12.8 Å². The molecule has 2 N–H and O–H groups in total. The predicted octanol–water partition coefficient (Wildman–Crippen LogP) is 4.70. The number of halogens is 2. The second kappa shape index (κ2) is 9.79. The third-order valence-electron chi connectivity index (χ3n) is 6.84. The van der Waals surface area contributed by atoms with Gasteiger partial charge in [-0.2, -0.15) is 5.10 Å². The van der Waals surface area contributed by atoms with E-state index in [1.165, 1.54) is 12.1 Å². The van der Waals surface area contributed by atoms with Crippen LogP contribution in [0.15, 0.2) is 67.4 Å². The molecule has 0 aliphatic carbocycles. The van der Waals surface area contributed by atoms with Crippen LogP contribution in [0.2, 0.25) is 0 Å². The molecule has 2 aromatic carbocycles. The van der Waals surface area contributed by atoms with E-state index in [2.05, 4.69) is 25.7 Å². The Morgan fingerprint density at radius 1 is 1.00 bits per heavy atom. The summed E-state index contributed by atoms with van der Waals surface area (Å²) in [6.45, 7) is 1.58. The third-order valence-corrected chi connectivity index (χ3v) is 6.84. The molecule has 1 amide bonds. The van der Waals surface area contributed by atoms with Gasteiger partial charge in [-0.3, -0.25) is 14.0 Å². The van der Waals surface area contributed by atoms with Crippen molar-refractivity contribution in [2.24, 2.45) is 13.0 Å². The van der Waals surface area contributed by atoms with E-state index in [0.717, 1.165) is 43.1 Å². The number of benzene rings is 2. The number of imidazole rings is 1. The molecule has 0 spiro atoms. The number of hydrogen-bond acceptors (Lipinski definition) is 5. The molecule has 0 radical (unpaired) electrons. The topological polar surface area (TPSA) is 89.7 Å². The van der Waals surface area contributed by atoms with Crippen molar-refractivity contribution in [3.8, 4) is 27.9 Å². The minimum absolute atomic E-state index is 0.0797. The summed E-state index contributed by atoms with van der Waals surface area (Å²) >= 11 is 0. The van der Waals surface area contributed by atoms with Crippen molar-refractivity contribution in [2.45, 2.75) is 12.8 Å². The van der Waals surface area contributed by atoms with E-state index < -0.39 is 11.6 Å². The molecule has 8 nitrogen and oxygen atoms in total. The molecule has 1 saturated heterocycles. The number of carbonyl (C=O) groups is 1. The number of aryl methyl sites for hydroxylation is 1. The molecule has 1 fully saturated rings. The number of pyridine rings is 1. The Balaban J connectivity index is 1.42. The monoisotopic (exact) mass is 513 g/mol. The van der Waals surface area contributed by atoms with Crippen molar-refractivity contribution >= 4 is 22.8 Å². The average molecular weight is 514 g/mol. The van der Waals surface area contributed by atoms with E-state index in [-0.39, 0.29) is 17.4 Å². The lowest BCUT2D eigenvalue weighted by atomic mass is 9.97. The number of nitrogens with one attached hydrogen (secondary N) is 2. The number of piperidine rings is 1. The lowest BCUT2D eigenvalue weighted by Gasteiger charge is -2.22. The van der Waals surface area contributed by atoms with Crippen LogP contribution in [0.25, 0.3) is 39.1 Å². The van der Waals surface area contributed by atoms with E-state index in [0.29, 0.717) is 28.1 Å². The van der Waals surface area contributed by atoms with E-state index in [4.69, 9.17) is 0 Å². The summed E-state index contributed by atoms with van der Waals surface area (Å²) in [5, 5.41) is 10.5. The van der Waals surface area contributed by atoms with Crippen LogP contribution in [0.4, 0.5) is 14.5 Å². The summed E-state index contributed by atoms with van der Waals surface area (Å²) in [6.07, 6.45) is 8.56. The summed E-state index contributed by atoms with van der Waals surface area (Å²) in [4.78, 5) is 22.2. The van der Waals surface area contributed by atoms with Gasteiger partial charge in [0.15, 0.2) is 5.65 Å². The van der Waals surface area contributed by atoms with E-state index in [9.17, 15) is 13.6 Å². The molecule has 1 aliphatic rings. The highest BCUT2D eigenvalue weighted by Crippen LogP contribution is 2.31. The van der Waals surface area contributed by atoms with Crippen LogP contribution >= 0.6 is 0 Å². The number of nitrogens with zero attached hydrogens (tertiary/aromatic N) is 5. The standard InChI is InChI=1S/C28H25F2N7O/c1-36-15-20(14-34-36)19-10-26-27(32-13-19)37(16-33-26)23-9-18(24-3-2-21(29)11-25(24)30)8-22(12-23)35-28(38)17-4-6-31-7-5-17/h2-3,8-17,31H,4-7H2,1H3,(H,35,38). The van der Waals surface area contributed by atoms with Gasteiger partial charge < -0.3 is 10.6 Å². The normalized spacial score (nSPS) is 14.2. The van der Waals surface area contributed by atoms with E-state index in [1.54, 1.807) is 40.1 Å². The molecule has 0 bridgehead atoms. The molecule has 3 aromatic heterocycles. The fraction of sp³-hybridized carbons (Fsp3) is 0.214. The highest BCUT2D eigenvalue weighted by molar-refractivity contribution is 5.94. The molecule has 6 rings (SSSR count). The Labute approximate surface area is 217 Å². The SMILES string of the molecule is Cn1cc(-c2cnc3c(c2)ncn3-c2cc(NC(=O)C3CCNCC3)cc(-c3ccc(F)cc3F)c2)cn1. The summed E-state index contributed by atoms with van der Waals surface area (Å²) < 4.78 is 31.9. The van der Waals surface area contributed by atoms with Gasteiger partial charge >= 0.3 is 0 Å². The minimum atomic E-state index is -0.687. The maximum absolute atomic E-state index is 14.8. The first-order valence-electron chi connectivity index (χ1n) is 12.4. The molecular weight excluding hydrogens is 488 g/mol. The number of hydrogen-bond donors (Lipinski definition) is 2. The van der Waals surface area contributed by atoms with Crippen LogP contribution in [0, 0.1) is 17.6 Å². The highest BCUT2D eigenvalue weighted by atomic mass is 19.1. The van der Waals surface area contributed by atoms with Gasteiger partial charge in [-0.15, -0.1) is 0 Å². The first-order valence-corrected chi connectivity index (χ1v) is 12.4. The molecule has 1 aliphatic heterocycles. The Kier molecular flexibility index (Phi) is 6.16. The van der Waals surface area contributed by atoms with Gasteiger partial charge in [-0.05, 0) is 67.9 Å². The molecule has 10 heteroatoms. The molecule has 5 aromatic rings. The first kappa shape index (κ1) is 23.9. The predicted molar refractivity (Wildman–Crippen MR) is 141 cm³/mol. The second-order valence-corrected chi connectivity index (χ2v) is 9.49. The zero-order valence-electron chi connectivity index (χ0n) is 20.7. The van der Waals surface area contributed by atoms with Gasteiger partial charge in [0.25, 0.3) is 0 Å². The fourth-order valence-electron chi connectivity index (χ4n) is 4.85. The Morgan fingerprint density at radius 3 is 2.61 bits per heavy atom. The van der Waals surface area contributed by atoms with Crippen LogP contribution in [0.3, 0.4) is 0 Å². The molecular formula is C28H25F2N7O. The lowest BCUT2D eigenvalue weighted by molar-refractivity contribution is -0.120. The largest absolute Gasteiger partial charge is 0.326 e. The number of anilines is 1. The summed E-state index contributed by atoms with van der Waals surface area (Å²) in [5.74, 6) is -1.53.